The van der Waals surface area contributed by atoms with Crippen molar-refractivity contribution in [2.75, 3.05) is 6.54 Å². The minimum atomic E-state index is -1.08. The molecule has 1 heterocycles. The summed E-state index contributed by atoms with van der Waals surface area (Å²) >= 11 is 0. The number of carbonyl (C=O) groups excluding carboxylic acids is 3. The number of nitrogens with zero attached hydrogens (tertiary/aromatic N) is 1. The van der Waals surface area contributed by atoms with Crippen LogP contribution in [-0.4, -0.2) is 35.3 Å². The standard InChI is InChI=1S/C8H11NO4/c1-8(2)6(11)9(4-3-5-10)7(12)13-8/h5H,3-4H2,1-2H3. The van der Waals surface area contributed by atoms with Gasteiger partial charge in [0.15, 0.2) is 5.60 Å². The van der Waals surface area contributed by atoms with Gasteiger partial charge in [0.2, 0.25) is 0 Å². The first-order valence-electron chi connectivity index (χ1n) is 3.97. The lowest BCUT2D eigenvalue weighted by Gasteiger charge is -2.12. The largest absolute Gasteiger partial charge is 0.433 e. The SMILES string of the molecule is CC1(C)OC(=O)N(CCC=O)C1=O. The highest BCUT2D eigenvalue weighted by Crippen LogP contribution is 2.22. The first kappa shape index (κ1) is 9.70. The Hall–Kier alpha value is -1.39. The maximum atomic E-state index is 11.4. The van der Waals surface area contributed by atoms with E-state index in [1.807, 2.05) is 0 Å². The Bertz CT molecular complexity index is 259. The molecule has 0 saturated carbocycles. The summed E-state index contributed by atoms with van der Waals surface area (Å²) in [6.07, 6.45) is 0.139. The quantitative estimate of drug-likeness (QED) is 0.594. The number of hydrogen-bond donors (Lipinski definition) is 0. The molecule has 0 aromatic rings. The van der Waals surface area contributed by atoms with Crippen molar-refractivity contribution in [2.45, 2.75) is 25.9 Å². The average Bonchev–Trinajstić information content (AvgIpc) is 2.21. The molecule has 0 radical (unpaired) electrons. The van der Waals surface area contributed by atoms with Gasteiger partial charge in [-0.25, -0.2) is 9.69 Å². The Morgan fingerprint density at radius 3 is 2.46 bits per heavy atom. The molecule has 0 atom stereocenters. The predicted molar refractivity (Wildman–Crippen MR) is 43.0 cm³/mol. The zero-order chi connectivity index (χ0) is 10.1. The number of amides is 2. The van der Waals surface area contributed by atoms with E-state index in [2.05, 4.69) is 0 Å². The van der Waals surface area contributed by atoms with Crippen molar-refractivity contribution in [1.82, 2.24) is 4.90 Å². The van der Waals surface area contributed by atoms with Crippen molar-refractivity contribution in [3.63, 3.8) is 0 Å². The van der Waals surface area contributed by atoms with Gasteiger partial charge in [-0.3, -0.25) is 4.79 Å². The van der Waals surface area contributed by atoms with Crippen molar-refractivity contribution in [1.29, 1.82) is 0 Å². The Morgan fingerprint density at radius 1 is 1.46 bits per heavy atom. The number of imide groups is 1. The fraction of sp³-hybridized carbons (Fsp3) is 0.625. The van der Waals surface area contributed by atoms with E-state index in [-0.39, 0.29) is 18.9 Å². The Labute approximate surface area is 75.6 Å². The third-order valence-corrected chi connectivity index (χ3v) is 1.79. The molecule has 0 N–H and O–H groups in total. The van der Waals surface area contributed by atoms with Crippen LogP contribution in [0.2, 0.25) is 0 Å². The molecule has 0 unspecified atom stereocenters. The highest BCUT2D eigenvalue weighted by Gasteiger charge is 2.46. The van der Waals surface area contributed by atoms with Crippen molar-refractivity contribution < 1.29 is 19.1 Å². The van der Waals surface area contributed by atoms with Crippen LogP contribution in [0.25, 0.3) is 0 Å². The molecule has 0 aliphatic carbocycles. The molecule has 1 aliphatic rings. The summed E-state index contributed by atoms with van der Waals surface area (Å²) in [5, 5.41) is 0. The summed E-state index contributed by atoms with van der Waals surface area (Å²) in [7, 11) is 0. The van der Waals surface area contributed by atoms with E-state index >= 15 is 0 Å². The molecular weight excluding hydrogens is 174 g/mol. The van der Waals surface area contributed by atoms with Crippen LogP contribution in [-0.2, 0) is 14.3 Å². The first-order valence-corrected chi connectivity index (χ1v) is 3.97. The van der Waals surface area contributed by atoms with E-state index in [0.717, 1.165) is 4.90 Å². The molecule has 0 aromatic carbocycles. The van der Waals surface area contributed by atoms with Crippen LogP contribution >= 0.6 is 0 Å². The highest BCUT2D eigenvalue weighted by molar-refractivity contribution is 6.02. The van der Waals surface area contributed by atoms with Crippen molar-refractivity contribution in [2.24, 2.45) is 0 Å². The topological polar surface area (TPSA) is 63.7 Å². The average molecular weight is 185 g/mol. The Balaban J connectivity index is 2.71. The Kier molecular flexibility index (Phi) is 2.36. The van der Waals surface area contributed by atoms with Crippen LogP contribution < -0.4 is 0 Å². The predicted octanol–water partition coefficient (Wildman–Crippen LogP) is 0.333. The minimum Gasteiger partial charge on any atom is -0.433 e. The number of hydrogen-bond acceptors (Lipinski definition) is 4. The van der Waals surface area contributed by atoms with Gasteiger partial charge in [-0.05, 0) is 13.8 Å². The number of carbonyl (C=O) groups is 3. The van der Waals surface area contributed by atoms with Crippen LogP contribution in [0.3, 0.4) is 0 Å². The summed E-state index contributed by atoms with van der Waals surface area (Å²) in [5.41, 5.74) is -1.08. The molecule has 13 heavy (non-hydrogen) atoms. The Morgan fingerprint density at radius 2 is 2.08 bits per heavy atom. The second kappa shape index (κ2) is 3.16. The van der Waals surface area contributed by atoms with E-state index in [9.17, 15) is 14.4 Å². The molecule has 5 heteroatoms. The summed E-state index contributed by atoms with van der Waals surface area (Å²) in [5.74, 6) is -0.389. The highest BCUT2D eigenvalue weighted by atomic mass is 16.6. The number of ether oxygens (including phenoxy) is 1. The summed E-state index contributed by atoms with van der Waals surface area (Å²) < 4.78 is 4.79. The molecule has 72 valence electrons. The smallest absolute Gasteiger partial charge is 0.417 e. The van der Waals surface area contributed by atoms with Gasteiger partial charge in [-0.2, -0.15) is 0 Å². The van der Waals surface area contributed by atoms with Gasteiger partial charge in [0.25, 0.3) is 5.91 Å². The van der Waals surface area contributed by atoms with Crippen LogP contribution in [0.1, 0.15) is 20.3 Å². The third kappa shape index (κ3) is 1.68. The molecule has 0 aromatic heterocycles. The van der Waals surface area contributed by atoms with Crippen molar-refractivity contribution in [3.05, 3.63) is 0 Å². The summed E-state index contributed by atoms with van der Waals surface area (Å²) in [6.45, 7) is 3.15. The fourth-order valence-corrected chi connectivity index (χ4v) is 1.10. The number of aldehydes is 1. The van der Waals surface area contributed by atoms with E-state index in [0.29, 0.717) is 6.29 Å². The van der Waals surface area contributed by atoms with E-state index in [1.165, 1.54) is 13.8 Å². The minimum absolute atomic E-state index is 0.102. The molecule has 1 saturated heterocycles. The van der Waals surface area contributed by atoms with Crippen LogP contribution in [0.5, 0.6) is 0 Å². The van der Waals surface area contributed by atoms with Gasteiger partial charge in [0, 0.05) is 13.0 Å². The van der Waals surface area contributed by atoms with Crippen LogP contribution in [0.15, 0.2) is 0 Å². The molecule has 1 rings (SSSR count). The zero-order valence-corrected chi connectivity index (χ0v) is 7.57. The number of cyclic esters (lactones) is 1. The summed E-state index contributed by atoms with van der Waals surface area (Å²) in [6, 6.07) is 0. The van der Waals surface area contributed by atoms with Crippen molar-refractivity contribution >= 4 is 18.3 Å². The lowest BCUT2D eigenvalue weighted by atomic mass is 10.1. The van der Waals surface area contributed by atoms with Crippen LogP contribution in [0.4, 0.5) is 4.79 Å². The lowest BCUT2D eigenvalue weighted by Crippen LogP contribution is -2.36. The molecular formula is C8H11NO4. The number of rotatable bonds is 3. The summed E-state index contributed by atoms with van der Waals surface area (Å²) in [4.78, 5) is 33.5. The fourth-order valence-electron chi connectivity index (χ4n) is 1.10. The van der Waals surface area contributed by atoms with Crippen LogP contribution in [0, 0.1) is 0 Å². The lowest BCUT2D eigenvalue weighted by molar-refractivity contribution is -0.134. The van der Waals surface area contributed by atoms with E-state index in [4.69, 9.17) is 4.74 Å². The molecule has 1 aliphatic heterocycles. The molecule has 0 bridgehead atoms. The van der Waals surface area contributed by atoms with Gasteiger partial charge in [0.1, 0.15) is 6.29 Å². The normalized spacial score (nSPS) is 20.3. The second-order valence-corrected chi connectivity index (χ2v) is 3.29. The maximum Gasteiger partial charge on any atom is 0.417 e. The van der Waals surface area contributed by atoms with Gasteiger partial charge in [0.05, 0.1) is 0 Å². The third-order valence-electron chi connectivity index (χ3n) is 1.79. The zero-order valence-electron chi connectivity index (χ0n) is 7.57. The van der Waals surface area contributed by atoms with Gasteiger partial charge in [-0.15, -0.1) is 0 Å². The van der Waals surface area contributed by atoms with Gasteiger partial charge in [-0.1, -0.05) is 0 Å². The molecule has 1 fully saturated rings. The molecule has 2 amide bonds. The maximum absolute atomic E-state index is 11.4. The molecule has 0 spiro atoms. The van der Waals surface area contributed by atoms with E-state index in [1.54, 1.807) is 0 Å². The van der Waals surface area contributed by atoms with Gasteiger partial charge < -0.3 is 9.53 Å². The second-order valence-electron chi connectivity index (χ2n) is 3.29. The van der Waals surface area contributed by atoms with Gasteiger partial charge >= 0.3 is 6.09 Å². The first-order chi connectivity index (χ1) is 5.99. The molecule has 5 nitrogen and oxygen atoms in total. The van der Waals surface area contributed by atoms with E-state index < -0.39 is 11.7 Å². The van der Waals surface area contributed by atoms with Crippen molar-refractivity contribution in [3.8, 4) is 0 Å². The monoisotopic (exact) mass is 185 g/mol.